The maximum absolute atomic E-state index is 3.52. The summed E-state index contributed by atoms with van der Waals surface area (Å²) in [7, 11) is 2.35. The number of hydrogen-bond donors (Lipinski definition) is 1. The Balaban J connectivity index is 1.90. The molecule has 0 radical (unpaired) electrons. The Kier molecular flexibility index (Phi) is 4.04. The summed E-state index contributed by atoms with van der Waals surface area (Å²) in [6.07, 6.45) is 8.68. The van der Waals surface area contributed by atoms with E-state index < -0.39 is 0 Å². The highest BCUT2D eigenvalue weighted by Gasteiger charge is 2.30. The largest absolute Gasteiger partial charge is 0.315 e. The molecule has 0 bridgehead atoms. The van der Waals surface area contributed by atoms with Gasteiger partial charge in [0.1, 0.15) is 0 Å². The topological polar surface area (TPSA) is 15.3 Å². The zero-order chi connectivity index (χ0) is 10.7. The zero-order valence-electron chi connectivity index (χ0n) is 10.3. The highest BCUT2D eigenvalue weighted by molar-refractivity contribution is 4.88. The normalized spacial score (nSPS) is 34.6. The minimum atomic E-state index is 0.785. The van der Waals surface area contributed by atoms with E-state index in [2.05, 4.69) is 24.2 Å². The van der Waals surface area contributed by atoms with Gasteiger partial charge in [0.25, 0.3) is 0 Å². The fraction of sp³-hybridized carbons (Fsp3) is 1.00. The van der Waals surface area contributed by atoms with E-state index in [1.807, 2.05) is 0 Å². The van der Waals surface area contributed by atoms with Gasteiger partial charge < -0.3 is 5.32 Å². The molecule has 1 saturated carbocycles. The Hall–Kier alpha value is -0.0800. The third-order valence-corrected chi connectivity index (χ3v) is 4.40. The molecule has 2 heteroatoms. The average Bonchev–Trinajstić information content (AvgIpc) is 2.53. The summed E-state index contributed by atoms with van der Waals surface area (Å²) >= 11 is 0. The number of nitrogens with one attached hydrogen (secondary N) is 1. The first-order valence-corrected chi connectivity index (χ1v) is 6.71. The molecule has 2 unspecified atom stereocenters. The van der Waals surface area contributed by atoms with Crippen molar-refractivity contribution in [2.24, 2.45) is 5.92 Å². The minimum absolute atomic E-state index is 0.785. The molecular formula is C13H26N2. The van der Waals surface area contributed by atoms with Crippen molar-refractivity contribution >= 4 is 0 Å². The molecule has 2 nitrogen and oxygen atoms in total. The van der Waals surface area contributed by atoms with Crippen LogP contribution in [-0.2, 0) is 0 Å². The molecule has 0 aromatic carbocycles. The van der Waals surface area contributed by atoms with Crippen LogP contribution in [0.4, 0.5) is 0 Å². The molecule has 2 rings (SSSR count). The van der Waals surface area contributed by atoms with Crippen LogP contribution in [-0.4, -0.2) is 37.1 Å². The number of hydrogen-bond acceptors (Lipinski definition) is 2. The van der Waals surface area contributed by atoms with Crippen molar-refractivity contribution in [1.29, 1.82) is 0 Å². The molecule has 88 valence electrons. The summed E-state index contributed by atoms with van der Waals surface area (Å²) in [6.45, 7) is 4.80. The third kappa shape index (κ3) is 2.73. The number of rotatable bonds is 2. The fourth-order valence-electron chi connectivity index (χ4n) is 3.28. The van der Waals surface area contributed by atoms with Crippen molar-refractivity contribution in [3.05, 3.63) is 0 Å². The van der Waals surface area contributed by atoms with Gasteiger partial charge in [0, 0.05) is 18.6 Å². The van der Waals surface area contributed by atoms with Crippen molar-refractivity contribution < 1.29 is 0 Å². The Bertz CT molecular complexity index is 185. The molecule has 1 aliphatic heterocycles. The van der Waals surface area contributed by atoms with Gasteiger partial charge in [-0.05, 0) is 32.4 Å². The first-order chi connectivity index (χ1) is 7.29. The lowest BCUT2D eigenvalue weighted by Crippen LogP contribution is -2.43. The molecule has 0 aromatic rings. The summed E-state index contributed by atoms with van der Waals surface area (Å²) in [6, 6.07) is 1.65. The fourth-order valence-corrected chi connectivity index (χ4v) is 3.28. The lowest BCUT2D eigenvalue weighted by Gasteiger charge is -2.34. The molecule has 1 N–H and O–H groups in total. The van der Waals surface area contributed by atoms with E-state index in [0.29, 0.717) is 0 Å². The zero-order valence-corrected chi connectivity index (χ0v) is 10.3. The molecule has 0 amide bonds. The smallest absolute Gasteiger partial charge is 0.0258 e. The standard InChI is InChI=1S/C13H26N2/c1-11-9-14-10-13(11)15(2)12-7-5-3-4-6-8-12/h11-14H,3-10H2,1-2H3. The second kappa shape index (κ2) is 5.31. The van der Waals surface area contributed by atoms with Gasteiger partial charge >= 0.3 is 0 Å². The predicted octanol–water partition coefficient (Wildman–Crippen LogP) is 2.25. The van der Waals surface area contributed by atoms with Gasteiger partial charge in [-0.25, -0.2) is 0 Å². The summed E-state index contributed by atoms with van der Waals surface area (Å²) < 4.78 is 0. The second-order valence-electron chi connectivity index (χ2n) is 5.51. The van der Waals surface area contributed by atoms with Crippen LogP contribution in [0.15, 0.2) is 0 Å². The van der Waals surface area contributed by atoms with Gasteiger partial charge in [0.05, 0.1) is 0 Å². The first kappa shape index (κ1) is 11.4. The molecule has 1 aliphatic carbocycles. The molecule has 0 spiro atoms. The SMILES string of the molecule is CC1CNCC1N(C)C1CCCCCC1. The molecule has 2 atom stereocenters. The minimum Gasteiger partial charge on any atom is -0.315 e. The number of nitrogens with zero attached hydrogens (tertiary/aromatic N) is 1. The highest BCUT2D eigenvalue weighted by atomic mass is 15.2. The third-order valence-electron chi connectivity index (χ3n) is 4.40. The van der Waals surface area contributed by atoms with Crippen molar-refractivity contribution in [2.45, 2.75) is 57.5 Å². The summed E-state index contributed by atoms with van der Waals surface area (Å²) in [5.74, 6) is 0.832. The van der Waals surface area contributed by atoms with Crippen molar-refractivity contribution in [1.82, 2.24) is 10.2 Å². The van der Waals surface area contributed by atoms with Gasteiger partial charge in [-0.3, -0.25) is 4.90 Å². The molecule has 15 heavy (non-hydrogen) atoms. The van der Waals surface area contributed by atoms with Gasteiger partial charge in [-0.1, -0.05) is 32.6 Å². The summed E-state index contributed by atoms with van der Waals surface area (Å²) in [4.78, 5) is 2.68. The molecular weight excluding hydrogens is 184 g/mol. The van der Waals surface area contributed by atoms with Crippen molar-refractivity contribution in [3.8, 4) is 0 Å². The van der Waals surface area contributed by atoms with E-state index in [1.54, 1.807) is 0 Å². The Morgan fingerprint density at radius 1 is 1.00 bits per heavy atom. The first-order valence-electron chi connectivity index (χ1n) is 6.71. The van der Waals surface area contributed by atoms with Crippen molar-refractivity contribution in [3.63, 3.8) is 0 Å². The average molecular weight is 210 g/mol. The van der Waals surface area contributed by atoms with Crippen LogP contribution in [0.2, 0.25) is 0 Å². The van der Waals surface area contributed by atoms with Crippen LogP contribution < -0.4 is 5.32 Å². The van der Waals surface area contributed by atoms with Crippen molar-refractivity contribution in [2.75, 3.05) is 20.1 Å². The molecule has 1 saturated heterocycles. The second-order valence-corrected chi connectivity index (χ2v) is 5.51. The summed E-state index contributed by atoms with van der Waals surface area (Å²) in [5, 5.41) is 3.52. The van der Waals surface area contributed by atoms with Crippen LogP contribution in [0, 0.1) is 5.92 Å². The lowest BCUT2D eigenvalue weighted by atomic mass is 10.00. The lowest BCUT2D eigenvalue weighted by molar-refractivity contribution is 0.143. The van der Waals surface area contributed by atoms with E-state index >= 15 is 0 Å². The molecule has 2 aliphatic rings. The van der Waals surface area contributed by atoms with Crippen LogP contribution >= 0.6 is 0 Å². The van der Waals surface area contributed by atoms with Crippen LogP contribution in [0.3, 0.4) is 0 Å². The van der Waals surface area contributed by atoms with E-state index in [-0.39, 0.29) is 0 Å². The summed E-state index contributed by atoms with van der Waals surface area (Å²) in [5.41, 5.74) is 0. The maximum atomic E-state index is 3.52. The monoisotopic (exact) mass is 210 g/mol. The van der Waals surface area contributed by atoms with E-state index in [1.165, 1.54) is 51.6 Å². The van der Waals surface area contributed by atoms with Crippen LogP contribution in [0.5, 0.6) is 0 Å². The Labute approximate surface area is 94.4 Å². The predicted molar refractivity (Wildman–Crippen MR) is 65.1 cm³/mol. The number of likely N-dealkylation sites (N-methyl/N-ethyl adjacent to an activating group) is 1. The van der Waals surface area contributed by atoms with Gasteiger partial charge in [-0.15, -0.1) is 0 Å². The van der Waals surface area contributed by atoms with Gasteiger partial charge in [0.15, 0.2) is 0 Å². The van der Waals surface area contributed by atoms with E-state index in [0.717, 1.165) is 18.0 Å². The Morgan fingerprint density at radius 3 is 2.20 bits per heavy atom. The molecule has 1 heterocycles. The quantitative estimate of drug-likeness (QED) is 0.703. The van der Waals surface area contributed by atoms with Crippen LogP contribution in [0.25, 0.3) is 0 Å². The van der Waals surface area contributed by atoms with E-state index in [4.69, 9.17) is 0 Å². The molecule has 0 aromatic heterocycles. The van der Waals surface area contributed by atoms with Gasteiger partial charge in [0.2, 0.25) is 0 Å². The van der Waals surface area contributed by atoms with Gasteiger partial charge in [-0.2, -0.15) is 0 Å². The van der Waals surface area contributed by atoms with E-state index in [9.17, 15) is 0 Å². The highest BCUT2D eigenvalue weighted by Crippen LogP contribution is 2.25. The Morgan fingerprint density at radius 2 is 1.67 bits per heavy atom. The van der Waals surface area contributed by atoms with Crippen LogP contribution in [0.1, 0.15) is 45.4 Å². The molecule has 2 fully saturated rings. The maximum Gasteiger partial charge on any atom is 0.0258 e.